The van der Waals surface area contributed by atoms with Crippen molar-refractivity contribution in [2.45, 2.75) is 26.8 Å². The molecule has 0 aliphatic carbocycles. The molecule has 2 N–H and O–H groups in total. The van der Waals surface area contributed by atoms with Crippen LogP contribution in [0.4, 0.5) is 0 Å². The molecule has 0 saturated carbocycles. The summed E-state index contributed by atoms with van der Waals surface area (Å²) in [6.07, 6.45) is 0. The summed E-state index contributed by atoms with van der Waals surface area (Å²) in [6, 6.07) is 7.48. The molecule has 6 heteroatoms. The van der Waals surface area contributed by atoms with Gasteiger partial charge in [-0.2, -0.15) is 0 Å². The van der Waals surface area contributed by atoms with E-state index in [0.29, 0.717) is 27.5 Å². The maximum atomic E-state index is 12.5. The van der Waals surface area contributed by atoms with Crippen LogP contribution in [0.2, 0.25) is 5.02 Å². The predicted molar refractivity (Wildman–Crippen MR) is 93.8 cm³/mol. The van der Waals surface area contributed by atoms with E-state index in [0.717, 1.165) is 5.56 Å². The maximum Gasteiger partial charge on any atom is 0.339 e. The van der Waals surface area contributed by atoms with Crippen LogP contribution in [0, 0.1) is 13.8 Å². The number of carbonyl (C=O) groups excluding carboxylic acids is 2. The highest BCUT2D eigenvalue weighted by Gasteiger charge is 2.22. The average Bonchev–Trinajstić information content (AvgIpc) is 2.87. The van der Waals surface area contributed by atoms with Gasteiger partial charge in [0.05, 0.1) is 24.9 Å². The number of aromatic amines is 1. The number of ether oxygens (including phenoxy) is 1. The molecule has 0 fully saturated rings. The monoisotopic (exact) mass is 348 g/mol. The lowest BCUT2D eigenvalue weighted by Gasteiger charge is -2.13. The maximum absolute atomic E-state index is 12.5. The van der Waals surface area contributed by atoms with Crippen molar-refractivity contribution in [3.05, 3.63) is 57.4 Å². The highest BCUT2D eigenvalue weighted by Crippen LogP contribution is 2.20. The minimum Gasteiger partial charge on any atom is -0.465 e. The summed E-state index contributed by atoms with van der Waals surface area (Å²) in [5, 5.41) is 3.86. The number of hydrogen-bond acceptors (Lipinski definition) is 4. The van der Waals surface area contributed by atoms with Gasteiger partial charge in [0.1, 0.15) is 0 Å². The molecule has 0 bridgehead atoms. The van der Waals surface area contributed by atoms with Crippen molar-refractivity contribution < 1.29 is 14.3 Å². The molecule has 0 unspecified atom stereocenters. The Kier molecular flexibility index (Phi) is 5.80. The Balaban J connectivity index is 2.08. The molecular weight excluding hydrogens is 328 g/mol. The molecule has 0 aliphatic rings. The molecule has 24 heavy (non-hydrogen) atoms. The Morgan fingerprint density at radius 2 is 1.88 bits per heavy atom. The lowest BCUT2D eigenvalue weighted by atomic mass is 10.1. The summed E-state index contributed by atoms with van der Waals surface area (Å²) in [7, 11) is 1.32. The first-order valence-electron chi connectivity index (χ1n) is 7.64. The van der Waals surface area contributed by atoms with Crippen molar-refractivity contribution in [3.63, 3.8) is 0 Å². The van der Waals surface area contributed by atoms with Crippen LogP contribution >= 0.6 is 11.6 Å². The topological polar surface area (TPSA) is 71.2 Å². The molecule has 1 atom stereocenters. The molecule has 0 spiro atoms. The Labute approximate surface area is 146 Å². The third kappa shape index (κ3) is 3.86. The van der Waals surface area contributed by atoms with Crippen LogP contribution in [0.5, 0.6) is 0 Å². The lowest BCUT2D eigenvalue weighted by molar-refractivity contribution is 0.0599. The van der Waals surface area contributed by atoms with Crippen molar-refractivity contribution in [2.24, 2.45) is 0 Å². The Morgan fingerprint density at radius 1 is 1.25 bits per heavy atom. The number of carbonyl (C=O) groups is 2. The van der Waals surface area contributed by atoms with Gasteiger partial charge in [0.25, 0.3) is 0 Å². The van der Waals surface area contributed by atoms with Crippen LogP contribution in [-0.2, 0) is 4.74 Å². The molecule has 1 aromatic carbocycles. The van der Waals surface area contributed by atoms with Crippen LogP contribution < -0.4 is 5.32 Å². The first-order chi connectivity index (χ1) is 11.3. The number of aryl methyl sites for hydroxylation is 1. The number of nitrogens with one attached hydrogen (secondary N) is 2. The van der Waals surface area contributed by atoms with E-state index >= 15 is 0 Å². The number of rotatable bonds is 6. The summed E-state index contributed by atoms with van der Waals surface area (Å²) in [4.78, 5) is 27.2. The van der Waals surface area contributed by atoms with Gasteiger partial charge in [0, 0.05) is 16.8 Å². The molecule has 5 nitrogen and oxygen atoms in total. The van der Waals surface area contributed by atoms with E-state index in [1.807, 2.05) is 31.2 Å². The van der Waals surface area contributed by atoms with Crippen molar-refractivity contribution in [1.29, 1.82) is 0 Å². The van der Waals surface area contributed by atoms with E-state index in [1.54, 1.807) is 13.8 Å². The van der Waals surface area contributed by atoms with Crippen LogP contribution in [0.3, 0.4) is 0 Å². The van der Waals surface area contributed by atoms with Crippen LogP contribution in [0.15, 0.2) is 24.3 Å². The zero-order chi connectivity index (χ0) is 17.9. The largest absolute Gasteiger partial charge is 0.465 e. The number of ketones is 1. The van der Waals surface area contributed by atoms with Gasteiger partial charge < -0.3 is 15.0 Å². The Bertz CT molecular complexity index is 750. The van der Waals surface area contributed by atoms with E-state index in [4.69, 9.17) is 16.3 Å². The SMILES string of the molecule is COC(=O)c1c(C)[nH]c(C(=O)CN[C@@H](C)c2ccc(Cl)cc2)c1C. The van der Waals surface area contributed by atoms with E-state index in [9.17, 15) is 9.59 Å². The van der Waals surface area contributed by atoms with Gasteiger partial charge in [-0.25, -0.2) is 4.79 Å². The summed E-state index contributed by atoms with van der Waals surface area (Å²) in [5.74, 6) is -0.547. The number of Topliss-reactive ketones (excluding diaryl/α,β-unsaturated/α-hetero) is 1. The summed E-state index contributed by atoms with van der Waals surface area (Å²) < 4.78 is 4.76. The second kappa shape index (κ2) is 7.64. The Morgan fingerprint density at radius 3 is 2.46 bits per heavy atom. The van der Waals surface area contributed by atoms with Gasteiger partial charge in [-0.3, -0.25) is 4.79 Å². The van der Waals surface area contributed by atoms with E-state index < -0.39 is 5.97 Å². The van der Waals surface area contributed by atoms with E-state index in [2.05, 4.69) is 10.3 Å². The minimum atomic E-state index is -0.442. The summed E-state index contributed by atoms with van der Waals surface area (Å²) in [5.41, 5.74) is 3.15. The van der Waals surface area contributed by atoms with Gasteiger partial charge in [-0.05, 0) is 44.0 Å². The number of halogens is 1. The third-order valence-corrected chi connectivity index (χ3v) is 4.30. The van der Waals surface area contributed by atoms with Gasteiger partial charge in [0.2, 0.25) is 0 Å². The fourth-order valence-electron chi connectivity index (χ4n) is 2.64. The second-order valence-corrected chi connectivity index (χ2v) is 6.13. The number of H-pyrrole nitrogens is 1. The summed E-state index contributed by atoms with van der Waals surface area (Å²) in [6.45, 7) is 5.62. The predicted octanol–water partition coefficient (Wildman–Crippen LogP) is 3.61. The average molecular weight is 349 g/mol. The molecule has 1 heterocycles. The van der Waals surface area contributed by atoms with Crippen LogP contribution in [0.25, 0.3) is 0 Å². The van der Waals surface area contributed by atoms with E-state index in [-0.39, 0.29) is 18.4 Å². The molecule has 1 aromatic heterocycles. The lowest BCUT2D eigenvalue weighted by Crippen LogP contribution is -2.26. The molecule has 0 radical (unpaired) electrons. The van der Waals surface area contributed by atoms with Gasteiger partial charge in [0.15, 0.2) is 5.78 Å². The van der Waals surface area contributed by atoms with Crippen molar-refractivity contribution >= 4 is 23.4 Å². The van der Waals surface area contributed by atoms with Crippen molar-refractivity contribution in [1.82, 2.24) is 10.3 Å². The molecule has 128 valence electrons. The molecular formula is C18H21ClN2O3. The zero-order valence-corrected chi connectivity index (χ0v) is 15.0. The zero-order valence-electron chi connectivity index (χ0n) is 14.2. The summed E-state index contributed by atoms with van der Waals surface area (Å²) >= 11 is 5.88. The standard InChI is InChI=1S/C18H21ClN2O3/c1-10-16(18(23)24-4)12(3)21-17(10)15(22)9-20-11(2)13-5-7-14(19)8-6-13/h5-8,11,20-21H,9H2,1-4H3/t11-/m0/s1. The fourth-order valence-corrected chi connectivity index (χ4v) is 2.77. The smallest absolute Gasteiger partial charge is 0.339 e. The normalized spacial score (nSPS) is 12.0. The number of aromatic nitrogens is 1. The van der Waals surface area contributed by atoms with Gasteiger partial charge in [-0.1, -0.05) is 23.7 Å². The molecule has 2 rings (SSSR count). The highest BCUT2D eigenvalue weighted by atomic mass is 35.5. The third-order valence-electron chi connectivity index (χ3n) is 4.04. The quantitative estimate of drug-likeness (QED) is 0.618. The number of benzene rings is 1. The molecule has 0 saturated heterocycles. The fraction of sp³-hybridized carbons (Fsp3) is 0.333. The highest BCUT2D eigenvalue weighted by molar-refractivity contribution is 6.30. The van der Waals surface area contributed by atoms with Crippen molar-refractivity contribution in [2.75, 3.05) is 13.7 Å². The van der Waals surface area contributed by atoms with Crippen molar-refractivity contribution in [3.8, 4) is 0 Å². The first kappa shape index (κ1) is 18.2. The number of hydrogen-bond donors (Lipinski definition) is 2. The number of methoxy groups -OCH3 is 1. The van der Waals surface area contributed by atoms with Gasteiger partial charge >= 0.3 is 5.97 Å². The van der Waals surface area contributed by atoms with Crippen LogP contribution in [-0.4, -0.2) is 30.4 Å². The molecule has 2 aromatic rings. The van der Waals surface area contributed by atoms with E-state index in [1.165, 1.54) is 7.11 Å². The molecule has 0 aliphatic heterocycles. The number of esters is 1. The minimum absolute atomic E-state index is 0.00246. The first-order valence-corrected chi connectivity index (χ1v) is 8.02. The molecule has 0 amide bonds. The van der Waals surface area contributed by atoms with Gasteiger partial charge in [-0.15, -0.1) is 0 Å². The van der Waals surface area contributed by atoms with Crippen LogP contribution in [0.1, 0.15) is 50.6 Å². The second-order valence-electron chi connectivity index (χ2n) is 5.69. The Hall–Kier alpha value is -2.11.